The molecule has 3 aromatic rings. The van der Waals surface area contributed by atoms with Gasteiger partial charge in [-0.25, -0.2) is 4.98 Å². The Morgan fingerprint density at radius 2 is 2.04 bits per heavy atom. The van der Waals surface area contributed by atoms with Crippen molar-refractivity contribution >= 4 is 40.1 Å². The van der Waals surface area contributed by atoms with Gasteiger partial charge >= 0.3 is 0 Å². The smallest absolute Gasteiger partial charge is 0.226 e. The van der Waals surface area contributed by atoms with Crippen molar-refractivity contribution in [2.45, 2.75) is 45.6 Å². The zero-order valence-corrected chi connectivity index (χ0v) is 15.3. The van der Waals surface area contributed by atoms with Gasteiger partial charge < -0.3 is 10.3 Å². The van der Waals surface area contributed by atoms with E-state index in [0.717, 1.165) is 21.9 Å². The van der Waals surface area contributed by atoms with Gasteiger partial charge in [0.05, 0.1) is 5.52 Å². The molecule has 1 aromatic carbocycles. The molecule has 0 bridgehead atoms. The molecule has 0 aliphatic rings. The summed E-state index contributed by atoms with van der Waals surface area (Å²) in [4.78, 5) is 26.7. The van der Waals surface area contributed by atoms with Crippen LogP contribution in [0.15, 0.2) is 30.3 Å². The molecule has 0 aliphatic carbocycles. The van der Waals surface area contributed by atoms with Crippen LogP contribution in [0.5, 0.6) is 0 Å². The second-order valence-corrected chi connectivity index (χ2v) is 6.95. The summed E-state index contributed by atoms with van der Waals surface area (Å²) >= 11 is 0. The van der Waals surface area contributed by atoms with Crippen LogP contribution in [0.4, 0.5) is 5.82 Å². The summed E-state index contributed by atoms with van der Waals surface area (Å²) in [7, 11) is 0. The van der Waals surface area contributed by atoms with Gasteiger partial charge in [0.2, 0.25) is 12.3 Å². The molecule has 0 spiro atoms. The average molecular weight is 352 g/mol. The van der Waals surface area contributed by atoms with Crippen LogP contribution in [-0.2, 0) is 9.59 Å². The van der Waals surface area contributed by atoms with Crippen molar-refractivity contribution in [1.29, 1.82) is 0 Å². The molecule has 1 atom stereocenters. The fourth-order valence-corrected chi connectivity index (χ4v) is 3.54. The number of fused-ring (bicyclic) bond motifs is 3. The Balaban J connectivity index is 2.17. The molecule has 0 saturated carbocycles. The van der Waals surface area contributed by atoms with Crippen LogP contribution >= 0.6 is 0 Å². The topological polar surface area (TPSA) is 90.0 Å². The molecule has 2 amide bonds. The maximum Gasteiger partial charge on any atom is 0.226 e. The number of hydrogen-bond donors (Lipinski definition) is 2. The van der Waals surface area contributed by atoms with E-state index >= 15 is 0 Å². The number of rotatable bonds is 6. The third kappa shape index (κ3) is 3.14. The summed E-state index contributed by atoms with van der Waals surface area (Å²) < 4.78 is 2.15. The van der Waals surface area contributed by atoms with E-state index in [4.69, 9.17) is 5.73 Å². The van der Waals surface area contributed by atoms with Crippen LogP contribution < -0.4 is 11.1 Å². The molecule has 1 unspecified atom stereocenters. The van der Waals surface area contributed by atoms with E-state index in [-0.39, 0.29) is 18.4 Å². The van der Waals surface area contributed by atoms with E-state index < -0.39 is 0 Å². The van der Waals surface area contributed by atoms with Crippen LogP contribution in [0.2, 0.25) is 0 Å². The number of carbonyl (C=O) groups excluding carboxylic acids is 2. The second kappa shape index (κ2) is 7.15. The first-order chi connectivity index (χ1) is 12.4. The highest BCUT2D eigenvalue weighted by molar-refractivity contribution is 6.09. The molecule has 3 N–H and O–H groups in total. The second-order valence-electron chi connectivity index (χ2n) is 6.95. The van der Waals surface area contributed by atoms with E-state index in [9.17, 15) is 9.59 Å². The number of benzene rings is 1. The normalized spacial score (nSPS) is 12.6. The van der Waals surface area contributed by atoms with Gasteiger partial charge in [0, 0.05) is 23.2 Å². The third-order valence-electron chi connectivity index (χ3n) is 4.78. The summed E-state index contributed by atoms with van der Waals surface area (Å²) in [5.74, 6) is 0.537. The molecular formula is C20H24N4O2. The Labute approximate surface area is 152 Å². The summed E-state index contributed by atoms with van der Waals surface area (Å²) in [5, 5.41) is 4.45. The highest BCUT2D eigenvalue weighted by atomic mass is 16.2. The Hall–Kier alpha value is -2.89. The van der Waals surface area contributed by atoms with Gasteiger partial charge in [0.1, 0.15) is 11.5 Å². The van der Waals surface area contributed by atoms with Gasteiger partial charge in [-0.3, -0.25) is 14.9 Å². The van der Waals surface area contributed by atoms with E-state index in [1.807, 2.05) is 18.2 Å². The molecule has 0 aliphatic heterocycles. The van der Waals surface area contributed by atoms with E-state index in [2.05, 4.69) is 47.8 Å². The largest absolute Gasteiger partial charge is 0.384 e. The number of carbonyl (C=O) groups is 2. The Kier molecular flexibility index (Phi) is 4.93. The first-order valence-electron chi connectivity index (χ1n) is 8.86. The number of nitrogens with two attached hydrogens (primary N) is 1. The number of pyridine rings is 1. The first kappa shape index (κ1) is 17.9. The molecule has 6 nitrogen and oxygen atoms in total. The predicted octanol–water partition coefficient (Wildman–Crippen LogP) is 3.51. The standard InChI is InChI=1S/C20H24N4O2/c1-12(2)15-10-17(21)23-20-19(15)14-6-4-5-7-16(14)24(20)13(3)8-9-18(26)22-11-25/h4-7,10-13H,8-9H2,1-3H3,(H2,21,23)(H,22,25,26). The van der Waals surface area contributed by atoms with Crippen LogP contribution in [0.1, 0.15) is 51.1 Å². The summed E-state index contributed by atoms with van der Waals surface area (Å²) in [5.41, 5.74) is 9.18. The fraction of sp³-hybridized carbons (Fsp3) is 0.350. The van der Waals surface area contributed by atoms with Crippen molar-refractivity contribution in [3.05, 3.63) is 35.9 Å². The highest BCUT2D eigenvalue weighted by Gasteiger charge is 2.20. The highest BCUT2D eigenvalue weighted by Crippen LogP contribution is 2.37. The average Bonchev–Trinajstić information content (AvgIpc) is 2.93. The zero-order chi connectivity index (χ0) is 18.8. The maximum atomic E-state index is 11.7. The Morgan fingerprint density at radius 1 is 1.31 bits per heavy atom. The number of para-hydroxylation sites is 1. The number of nitrogens with one attached hydrogen (secondary N) is 1. The molecule has 0 radical (unpaired) electrons. The van der Waals surface area contributed by atoms with Gasteiger partial charge in [0.15, 0.2) is 0 Å². The van der Waals surface area contributed by atoms with Gasteiger partial charge in [0.25, 0.3) is 0 Å². The quantitative estimate of drug-likeness (QED) is 0.664. The lowest BCUT2D eigenvalue weighted by molar-refractivity contribution is -0.125. The summed E-state index contributed by atoms with van der Waals surface area (Å²) in [6, 6.07) is 10.2. The Morgan fingerprint density at radius 3 is 2.73 bits per heavy atom. The van der Waals surface area contributed by atoms with Gasteiger partial charge in [-0.05, 0) is 37.0 Å². The molecule has 26 heavy (non-hydrogen) atoms. The van der Waals surface area contributed by atoms with Crippen LogP contribution in [0, 0.1) is 0 Å². The molecule has 3 rings (SSSR count). The first-order valence-corrected chi connectivity index (χ1v) is 8.86. The van der Waals surface area contributed by atoms with Crippen LogP contribution in [0.25, 0.3) is 21.9 Å². The van der Waals surface area contributed by atoms with Crippen LogP contribution in [-0.4, -0.2) is 21.9 Å². The minimum atomic E-state index is -0.275. The van der Waals surface area contributed by atoms with Crippen molar-refractivity contribution in [2.75, 3.05) is 5.73 Å². The third-order valence-corrected chi connectivity index (χ3v) is 4.78. The fourth-order valence-electron chi connectivity index (χ4n) is 3.54. The van der Waals surface area contributed by atoms with Gasteiger partial charge in [-0.15, -0.1) is 0 Å². The molecule has 2 heterocycles. The molecule has 0 saturated heterocycles. The molecule has 136 valence electrons. The van der Waals surface area contributed by atoms with Crippen molar-refractivity contribution < 1.29 is 9.59 Å². The molecule has 2 aromatic heterocycles. The number of nitrogen functional groups attached to an aromatic ring is 1. The lowest BCUT2D eigenvalue weighted by Crippen LogP contribution is -2.21. The predicted molar refractivity (Wildman–Crippen MR) is 104 cm³/mol. The van der Waals surface area contributed by atoms with E-state index in [1.165, 1.54) is 5.56 Å². The summed E-state index contributed by atoms with van der Waals surface area (Å²) in [6.07, 6.45) is 1.29. The minimum Gasteiger partial charge on any atom is -0.384 e. The number of aromatic nitrogens is 2. The molecule has 6 heteroatoms. The zero-order valence-electron chi connectivity index (χ0n) is 15.3. The van der Waals surface area contributed by atoms with Crippen LogP contribution in [0.3, 0.4) is 0 Å². The van der Waals surface area contributed by atoms with E-state index in [1.54, 1.807) is 0 Å². The number of nitrogens with zero attached hydrogens (tertiary/aromatic N) is 2. The van der Waals surface area contributed by atoms with Gasteiger partial charge in [-0.2, -0.15) is 0 Å². The number of anilines is 1. The van der Waals surface area contributed by atoms with E-state index in [0.29, 0.717) is 24.6 Å². The summed E-state index contributed by atoms with van der Waals surface area (Å²) in [6.45, 7) is 6.35. The maximum absolute atomic E-state index is 11.7. The lowest BCUT2D eigenvalue weighted by Gasteiger charge is -2.16. The van der Waals surface area contributed by atoms with Gasteiger partial charge in [-0.1, -0.05) is 32.0 Å². The lowest BCUT2D eigenvalue weighted by atomic mass is 9.99. The van der Waals surface area contributed by atoms with Crippen molar-refractivity contribution in [2.24, 2.45) is 0 Å². The van der Waals surface area contributed by atoms with Crippen molar-refractivity contribution in [3.8, 4) is 0 Å². The number of hydrogen-bond acceptors (Lipinski definition) is 4. The number of imide groups is 1. The van der Waals surface area contributed by atoms with Crippen molar-refractivity contribution in [1.82, 2.24) is 14.9 Å². The monoisotopic (exact) mass is 352 g/mol. The molecular weight excluding hydrogens is 328 g/mol. The van der Waals surface area contributed by atoms with Crippen molar-refractivity contribution in [3.63, 3.8) is 0 Å². The number of amides is 2. The SMILES string of the molecule is CC(C)c1cc(N)nc2c1c1ccccc1n2C(C)CCC(=O)NC=O. The minimum absolute atomic E-state index is 0.0316. The Bertz CT molecular complexity index is 975. The molecule has 0 fully saturated rings.